The molecule has 0 radical (unpaired) electrons. The lowest BCUT2D eigenvalue weighted by molar-refractivity contribution is -0.301. The minimum Gasteiger partial charge on any atom is -0.398 e. The summed E-state index contributed by atoms with van der Waals surface area (Å²) >= 11 is 0. The highest BCUT2D eigenvalue weighted by atomic mass is 17.2. The van der Waals surface area contributed by atoms with Crippen LogP contribution in [-0.2, 0) is 9.78 Å². The summed E-state index contributed by atoms with van der Waals surface area (Å²) in [6.07, 6.45) is 0. The largest absolute Gasteiger partial charge is 0.398 e. The van der Waals surface area contributed by atoms with Gasteiger partial charge in [0.2, 0.25) is 0 Å². The van der Waals surface area contributed by atoms with E-state index in [1.54, 1.807) is 12.1 Å². The van der Waals surface area contributed by atoms with Crippen LogP contribution in [0.3, 0.4) is 0 Å². The van der Waals surface area contributed by atoms with E-state index in [0.717, 1.165) is 11.1 Å². The molecule has 4 heteroatoms. The fourth-order valence-corrected chi connectivity index (χ4v) is 1.76. The van der Waals surface area contributed by atoms with Crippen molar-refractivity contribution in [1.82, 2.24) is 0 Å². The van der Waals surface area contributed by atoms with Gasteiger partial charge in [0, 0.05) is 11.3 Å². The van der Waals surface area contributed by atoms with Crippen LogP contribution in [0.15, 0.2) is 48.5 Å². The summed E-state index contributed by atoms with van der Waals surface area (Å²) in [5.74, 6) is -0.516. The van der Waals surface area contributed by atoms with Gasteiger partial charge in [-0.25, -0.2) is 4.79 Å². The predicted molar refractivity (Wildman–Crippen MR) is 82.5 cm³/mol. The molecule has 0 atom stereocenters. The number of carbonyl (C=O) groups excluding carboxylic acids is 1. The minimum absolute atomic E-state index is 0.428. The number of carbonyl (C=O) groups is 1. The van der Waals surface area contributed by atoms with Crippen LogP contribution in [-0.4, -0.2) is 11.6 Å². The summed E-state index contributed by atoms with van der Waals surface area (Å²) in [7, 11) is 0. The molecule has 0 bridgehead atoms. The molecule has 21 heavy (non-hydrogen) atoms. The maximum atomic E-state index is 11.8. The van der Waals surface area contributed by atoms with E-state index >= 15 is 0 Å². The smallest absolute Gasteiger partial charge is 0.373 e. The molecule has 0 spiro atoms. The molecule has 2 aromatic carbocycles. The van der Waals surface area contributed by atoms with E-state index in [1.165, 1.54) is 0 Å². The van der Waals surface area contributed by atoms with Crippen molar-refractivity contribution in [2.75, 3.05) is 5.73 Å². The fraction of sp³-hybridized carbons (Fsp3) is 0.235. The zero-order valence-electron chi connectivity index (χ0n) is 12.4. The van der Waals surface area contributed by atoms with Crippen molar-refractivity contribution < 1.29 is 14.6 Å². The number of benzene rings is 2. The third-order valence-corrected chi connectivity index (χ3v) is 2.76. The zero-order valence-corrected chi connectivity index (χ0v) is 12.4. The molecule has 110 valence electrons. The van der Waals surface area contributed by atoms with Crippen molar-refractivity contribution in [2.24, 2.45) is 0 Å². The van der Waals surface area contributed by atoms with Crippen LogP contribution in [0, 0.1) is 0 Å². The highest BCUT2D eigenvalue weighted by molar-refractivity contribution is 5.90. The lowest BCUT2D eigenvalue weighted by Gasteiger charge is -2.16. The first kappa shape index (κ1) is 15.1. The van der Waals surface area contributed by atoms with Gasteiger partial charge in [-0.15, -0.1) is 0 Å². The van der Waals surface area contributed by atoms with Gasteiger partial charge in [-0.1, -0.05) is 30.3 Å². The Hall–Kier alpha value is -2.33. The number of nitrogen functional groups attached to an aromatic ring is 1. The van der Waals surface area contributed by atoms with Crippen LogP contribution in [0.1, 0.15) is 31.1 Å². The van der Waals surface area contributed by atoms with Gasteiger partial charge in [0.05, 0.1) is 5.56 Å². The summed E-state index contributed by atoms with van der Waals surface area (Å²) in [4.78, 5) is 21.6. The summed E-state index contributed by atoms with van der Waals surface area (Å²) < 4.78 is 0. The van der Waals surface area contributed by atoms with Gasteiger partial charge in [-0.05, 0) is 44.5 Å². The van der Waals surface area contributed by atoms with Crippen LogP contribution in [0.2, 0.25) is 0 Å². The van der Waals surface area contributed by atoms with E-state index in [0.29, 0.717) is 11.3 Å². The number of nitrogens with two attached hydrogens (primary N) is 1. The van der Waals surface area contributed by atoms with Gasteiger partial charge in [0.15, 0.2) is 0 Å². The van der Waals surface area contributed by atoms with Gasteiger partial charge in [-0.3, -0.25) is 4.89 Å². The van der Waals surface area contributed by atoms with E-state index in [1.807, 2.05) is 57.2 Å². The topological polar surface area (TPSA) is 61.5 Å². The lowest BCUT2D eigenvalue weighted by atomic mass is 10.0. The maximum absolute atomic E-state index is 11.8. The van der Waals surface area contributed by atoms with Crippen molar-refractivity contribution in [3.8, 4) is 11.1 Å². The molecule has 0 amide bonds. The molecular weight excluding hydrogens is 266 g/mol. The summed E-state index contributed by atoms with van der Waals surface area (Å²) in [6.45, 7) is 5.42. The fourth-order valence-electron chi connectivity index (χ4n) is 1.76. The molecule has 0 aliphatic rings. The van der Waals surface area contributed by atoms with Crippen molar-refractivity contribution in [2.45, 2.75) is 26.4 Å². The van der Waals surface area contributed by atoms with Gasteiger partial charge in [0.1, 0.15) is 5.60 Å². The Kier molecular flexibility index (Phi) is 4.29. The highest BCUT2D eigenvalue weighted by Crippen LogP contribution is 2.25. The van der Waals surface area contributed by atoms with Crippen LogP contribution < -0.4 is 5.73 Å². The number of para-hydroxylation sites is 1. The molecule has 4 nitrogen and oxygen atoms in total. The van der Waals surface area contributed by atoms with E-state index in [2.05, 4.69) is 0 Å². The van der Waals surface area contributed by atoms with E-state index < -0.39 is 11.6 Å². The first-order valence-electron chi connectivity index (χ1n) is 6.72. The third kappa shape index (κ3) is 4.07. The SMILES string of the molecule is CC(C)(C)OOC(=O)c1ccc(-c2ccccc2N)cc1. The van der Waals surface area contributed by atoms with Gasteiger partial charge in [-0.2, -0.15) is 4.89 Å². The zero-order chi connectivity index (χ0) is 15.5. The van der Waals surface area contributed by atoms with Crippen LogP contribution in [0.5, 0.6) is 0 Å². The molecule has 0 aliphatic carbocycles. The van der Waals surface area contributed by atoms with Crippen molar-refractivity contribution in [3.63, 3.8) is 0 Å². The molecule has 0 aliphatic heterocycles. The number of hydrogen-bond acceptors (Lipinski definition) is 4. The second kappa shape index (κ2) is 5.97. The number of rotatable bonds is 3. The average Bonchev–Trinajstić information content (AvgIpc) is 2.45. The van der Waals surface area contributed by atoms with Crippen LogP contribution in [0.4, 0.5) is 5.69 Å². The van der Waals surface area contributed by atoms with Gasteiger partial charge >= 0.3 is 5.97 Å². The predicted octanol–water partition coefficient (Wildman–Crippen LogP) is 3.82. The highest BCUT2D eigenvalue weighted by Gasteiger charge is 2.16. The summed E-state index contributed by atoms with van der Waals surface area (Å²) in [5.41, 5.74) is 8.41. The van der Waals surface area contributed by atoms with E-state index in [9.17, 15) is 4.79 Å². The minimum atomic E-state index is -0.534. The summed E-state index contributed by atoms with van der Waals surface area (Å²) in [5, 5.41) is 0. The first-order chi connectivity index (χ1) is 9.87. The Bertz CT molecular complexity index is 627. The Morgan fingerprint density at radius 2 is 1.62 bits per heavy atom. The number of anilines is 1. The molecule has 0 heterocycles. The second-order valence-corrected chi connectivity index (χ2v) is 5.73. The molecule has 2 N–H and O–H groups in total. The Balaban J connectivity index is 2.12. The molecule has 2 aromatic rings. The molecule has 0 fully saturated rings. The van der Waals surface area contributed by atoms with Crippen molar-refractivity contribution in [3.05, 3.63) is 54.1 Å². The number of hydrogen-bond donors (Lipinski definition) is 1. The molecule has 0 saturated carbocycles. The van der Waals surface area contributed by atoms with Gasteiger partial charge < -0.3 is 5.73 Å². The lowest BCUT2D eigenvalue weighted by Crippen LogP contribution is -2.21. The normalized spacial score (nSPS) is 11.2. The molecule has 0 unspecified atom stereocenters. The van der Waals surface area contributed by atoms with Crippen LogP contribution >= 0.6 is 0 Å². The molecule has 0 saturated heterocycles. The average molecular weight is 285 g/mol. The first-order valence-corrected chi connectivity index (χ1v) is 6.72. The Morgan fingerprint density at radius 3 is 2.19 bits per heavy atom. The molecule has 2 rings (SSSR count). The van der Waals surface area contributed by atoms with E-state index in [-0.39, 0.29) is 0 Å². The third-order valence-electron chi connectivity index (χ3n) is 2.76. The second-order valence-electron chi connectivity index (χ2n) is 5.73. The van der Waals surface area contributed by atoms with Crippen molar-refractivity contribution >= 4 is 11.7 Å². The van der Waals surface area contributed by atoms with Crippen molar-refractivity contribution in [1.29, 1.82) is 0 Å². The monoisotopic (exact) mass is 285 g/mol. The molecular formula is C17H19NO3. The maximum Gasteiger partial charge on any atom is 0.373 e. The van der Waals surface area contributed by atoms with Crippen LogP contribution in [0.25, 0.3) is 11.1 Å². The molecule has 0 aromatic heterocycles. The van der Waals surface area contributed by atoms with Gasteiger partial charge in [0.25, 0.3) is 0 Å². The quantitative estimate of drug-likeness (QED) is 0.529. The van der Waals surface area contributed by atoms with E-state index in [4.69, 9.17) is 15.5 Å². The Morgan fingerprint density at radius 1 is 1.00 bits per heavy atom. The standard InChI is InChI=1S/C17H19NO3/c1-17(2,3)21-20-16(19)13-10-8-12(9-11-13)14-6-4-5-7-15(14)18/h4-11H,18H2,1-3H3. The summed E-state index contributed by atoms with van der Waals surface area (Å²) in [6, 6.07) is 14.6. The Labute approximate surface area is 124 Å².